The van der Waals surface area contributed by atoms with Crippen LogP contribution in [-0.4, -0.2) is 21.5 Å². The van der Waals surface area contributed by atoms with E-state index >= 15 is 0 Å². The zero-order chi connectivity index (χ0) is 3.58. The molecule has 32 valence electrons. The molecule has 0 radical (unpaired) electrons. The molecule has 5 heteroatoms. The van der Waals surface area contributed by atoms with Gasteiger partial charge in [0.15, 0.2) is 0 Å². The van der Waals surface area contributed by atoms with Crippen molar-refractivity contribution in [2.45, 2.75) is 0 Å². The fourth-order valence-corrected chi connectivity index (χ4v) is 0. The van der Waals surface area contributed by atoms with Gasteiger partial charge in [-0.1, -0.05) is 0 Å². The Bertz CT molecular complexity index is 11.6. The monoisotopic (exact) mass is 195 g/mol. The number of hydrogen-bond acceptors (Lipinski definition) is 0. The van der Waals surface area contributed by atoms with Crippen LogP contribution < -0.4 is 6.15 Å². The van der Waals surface area contributed by atoms with Gasteiger partial charge in [0.1, 0.15) is 0 Å². The normalized spacial score (nSPS) is 5.40. The second-order valence-corrected chi connectivity index (χ2v) is 1.44. The summed E-state index contributed by atoms with van der Waals surface area (Å²) in [5.41, 5.74) is 0. The minimum Gasteiger partial charge on any atom is -0.369 e. The molecule has 0 aromatic rings. The Kier molecular flexibility index (Phi) is 8.29. The first-order valence-corrected chi connectivity index (χ1v) is 3.80. The summed E-state index contributed by atoms with van der Waals surface area (Å²) in [6, 6.07) is 0. The van der Waals surface area contributed by atoms with Gasteiger partial charge in [0.2, 0.25) is 0 Å². The molecule has 0 amide bonds. The Balaban J connectivity index is 0. The Labute approximate surface area is 36.8 Å². The van der Waals surface area contributed by atoms with E-state index in [-0.39, 0.29) is 6.15 Å². The van der Waals surface area contributed by atoms with E-state index < -0.39 is 21.5 Å². The summed E-state index contributed by atoms with van der Waals surface area (Å²) in [4.78, 5) is 0. The van der Waals surface area contributed by atoms with Gasteiger partial charge in [-0.2, -0.15) is 0 Å². The van der Waals surface area contributed by atoms with Gasteiger partial charge < -0.3 is 6.15 Å². The third-order valence-electron chi connectivity index (χ3n) is 0. The van der Waals surface area contributed by atoms with Crippen molar-refractivity contribution in [1.82, 2.24) is 6.15 Å². The van der Waals surface area contributed by atoms with E-state index in [4.69, 9.17) is 0 Å². The van der Waals surface area contributed by atoms with Gasteiger partial charge >= 0.3 is 30.1 Å². The molecule has 0 unspecified atom stereocenters. The maximum Gasteiger partial charge on any atom is -0.369 e. The molecule has 0 bridgehead atoms. The van der Waals surface area contributed by atoms with Crippen LogP contribution in [-0.2, 0) is 0 Å². The Morgan fingerprint density at radius 3 is 1.00 bits per heavy atom. The molecule has 1 nitrogen and oxygen atoms in total. The summed E-state index contributed by atoms with van der Waals surface area (Å²) in [5.74, 6) is 0. The van der Waals surface area contributed by atoms with Crippen molar-refractivity contribution in [3.05, 3.63) is 0 Å². The molecular formula is H4F3NSn+2. The molecule has 0 atom stereocenters. The number of hydrogen-bond donors (Lipinski definition) is 1. The minimum atomic E-state index is -5.04. The van der Waals surface area contributed by atoms with Crippen molar-refractivity contribution in [2.24, 2.45) is 0 Å². The van der Waals surface area contributed by atoms with Crippen LogP contribution in [0.2, 0.25) is 0 Å². The van der Waals surface area contributed by atoms with Gasteiger partial charge in [0.05, 0.1) is 0 Å². The molecule has 0 aliphatic rings. The van der Waals surface area contributed by atoms with Crippen LogP contribution >= 0.6 is 0 Å². The van der Waals surface area contributed by atoms with E-state index in [9.17, 15) is 8.60 Å². The van der Waals surface area contributed by atoms with Crippen LogP contribution in [0.25, 0.3) is 0 Å². The third kappa shape index (κ3) is 98.1. The standard InChI is InChI=1S/3FH.H3N.Sn/h3*1H;1H3;/q;;;;+4/p-2. The fraction of sp³-hybridized carbons (Fsp3) is 0. The molecule has 0 aliphatic carbocycles. The average molecular weight is 194 g/mol. The topological polar surface area (TPSA) is 36.5 Å². The number of quaternary nitrogens is 1. The summed E-state index contributed by atoms with van der Waals surface area (Å²) in [6.45, 7) is 0. The van der Waals surface area contributed by atoms with Crippen molar-refractivity contribution in [3.63, 3.8) is 0 Å². The molecule has 0 aliphatic heterocycles. The molecule has 4 N–H and O–H groups in total. The average Bonchev–Trinajstić information content (AvgIpc) is 0.811. The van der Waals surface area contributed by atoms with Crippen molar-refractivity contribution in [3.8, 4) is 0 Å². The van der Waals surface area contributed by atoms with Gasteiger partial charge in [-0.25, -0.2) is 0 Å². The molecule has 0 saturated heterocycles. The number of halogens is 3. The van der Waals surface area contributed by atoms with Gasteiger partial charge in [0, 0.05) is 0 Å². The molecule has 0 aromatic heterocycles. The SMILES string of the molecule is [F][Sn+]([F])[F].[NH4+]. The van der Waals surface area contributed by atoms with Crippen LogP contribution in [0.4, 0.5) is 8.60 Å². The van der Waals surface area contributed by atoms with Crippen LogP contribution in [0, 0.1) is 0 Å². The first-order valence-electron chi connectivity index (χ1n) is 0.567. The van der Waals surface area contributed by atoms with E-state index in [1.165, 1.54) is 0 Å². The van der Waals surface area contributed by atoms with Gasteiger partial charge in [-0.05, 0) is 0 Å². The molecule has 0 spiro atoms. The summed E-state index contributed by atoms with van der Waals surface area (Å²) in [6.07, 6.45) is 0. The largest absolute Gasteiger partial charge is 0.369 e. The molecule has 5 heavy (non-hydrogen) atoms. The summed E-state index contributed by atoms with van der Waals surface area (Å²) < 4.78 is 29.6. The zero-order valence-electron chi connectivity index (χ0n) is 2.63. The van der Waals surface area contributed by atoms with E-state index in [1.807, 2.05) is 0 Å². The Morgan fingerprint density at radius 1 is 1.00 bits per heavy atom. The quantitative estimate of drug-likeness (QED) is 0.563. The molecule has 0 aromatic carbocycles. The Morgan fingerprint density at radius 2 is 1.00 bits per heavy atom. The van der Waals surface area contributed by atoms with Crippen molar-refractivity contribution in [1.29, 1.82) is 0 Å². The third-order valence-corrected chi connectivity index (χ3v) is 0. The van der Waals surface area contributed by atoms with Crippen LogP contribution in [0.15, 0.2) is 0 Å². The number of rotatable bonds is 0. The molecule has 0 rings (SSSR count). The van der Waals surface area contributed by atoms with E-state index in [1.54, 1.807) is 0 Å². The van der Waals surface area contributed by atoms with Crippen LogP contribution in [0.3, 0.4) is 0 Å². The van der Waals surface area contributed by atoms with Gasteiger partial charge in [-0.15, -0.1) is 0 Å². The van der Waals surface area contributed by atoms with Crippen molar-refractivity contribution >= 4 is 21.5 Å². The summed E-state index contributed by atoms with van der Waals surface area (Å²) in [5, 5.41) is 0. The maximum absolute atomic E-state index is 9.86. The summed E-state index contributed by atoms with van der Waals surface area (Å²) >= 11 is -5.04. The Hall–Kier alpha value is 0.549. The van der Waals surface area contributed by atoms with Crippen LogP contribution in [0.1, 0.15) is 0 Å². The molecule has 0 saturated carbocycles. The summed E-state index contributed by atoms with van der Waals surface area (Å²) in [7, 11) is 0. The molecule has 0 fully saturated rings. The van der Waals surface area contributed by atoms with Gasteiger partial charge in [-0.3, -0.25) is 0 Å². The smallest absolute Gasteiger partial charge is 0.369 e. The van der Waals surface area contributed by atoms with Crippen molar-refractivity contribution < 1.29 is 8.60 Å². The molecule has 0 heterocycles. The van der Waals surface area contributed by atoms with E-state index in [2.05, 4.69) is 0 Å². The first-order chi connectivity index (χ1) is 1.73. The maximum atomic E-state index is 9.86. The predicted molar refractivity (Wildman–Crippen MR) is 15.1 cm³/mol. The van der Waals surface area contributed by atoms with E-state index in [0.717, 1.165) is 0 Å². The molecular weight excluding hydrogens is 190 g/mol. The predicted octanol–water partition coefficient (Wildman–Crippen LogP) is 1.26. The van der Waals surface area contributed by atoms with E-state index in [0.29, 0.717) is 0 Å². The zero-order valence-corrected chi connectivity index (χ0v) is 5.49. The fourth-order valence-electron chi connectivity index (χ4n) is 0. The first kappa shape index (κ1) is 9.12. The minimum absolute atomic E-state index is 0. The second-order valence-electron chi connectivity index (χ2n) is 0.214. The second kappa shape index (κ2) is 4.55. The van der Waals surface area contributed by atoms with Crippen molar-refractivity contribution in [2.75, 3.05) is 0 Å². The van der Waals surface area contributed by atoms with Gasteiger partial charge in [0.25, 0.3) is 0 Å². The van der Waals surface area contributed by atoms with Crippen LogP contribution in [0.5, 0.6) is 0 Å².